The summed E-state index contributed by atoms with van der Waals surface area (Å²) in [6.07, 6.45) is -0.196. The number of rotatable bonds is 11. The number of para-hydroxylation sites is 1. The summed E-state index contributed by atoms with van der Waals surface area (Å²) in [5.41, 5.74) is 3.63. The summed E-state index contributed by atoms with van der Waals surface area (Å²) in [6, 6.07) is 32.6. The highest BCUT2D eigenvalue weighted by Gasteiger charge is 2.13. The number of nitrogens with one attached hydrogen (secondary N) is 1. The number of benzene rings is 4. The van der Waals surface area contributed by atoms with Crippen LogP contribution in [-0.4, -0.2) is 19.6 Å². The molecule has 0 aromatic heterocycles. The lowest BCUT2D eigenvalue weighted by molar-refractivity contribution is 0.0396. The highest BCUT2D eigenvalue weighted by atomic mass is 35.5. The number of halogens is 1. The summed E-state index contributed by atoms with van der Waals surface area (Å²) in [4.78, 5) is 11.6. The highest BCUT2D eigenvalue weighted by molar-refractivity contribution is 6.30. The van der Waals surface area contributed by atoms with Crippen LogP contribution in [0.3, 0.4) is 0 Å². The Bertz CT molecular complexity index is 1240. The molecule has 0 amide bonds. The zero-order valence-electron chi connectivity index (χ0n) is 20.0. The Morgan fingerprint density at radius 1 is 0.833 bits per heavy atom. The molecule has 4 aromatic rings. The highest BCUT2D eigenvalue weighted by Crippen LogP contribution is 2.24. The van der Waals surface area contributed by atoms with Gasteiger partial charge in [0.15, 0.2) is 0 Å². The van der Waals surface area contributed by atoms with E-state index in [1.807, 2.05) is 91.0 Å². The molecule has 184 valence electrons. The Morgan fingerprint density at radius 3 is 2.22 bits per heavy atom. The van der Waals surface area contributed by atoms with E-state index < -0.39 is 0 Å². The van der Waals surface area contributed by atoms with Crippen molar-refractivity contribution >= 4 is 17.6 Å². The van der Waals surface area contributed by atoms with Gasteiger partial charge in [-0.3, -0.25) is 0 Å². The lowest BCUT2D eigenvalue weighted by atomic mass is 10.1. The molecule has 0 saturated carbocycles. The summed E-state index contributed by atoms with van der Waals surface area (Å²) in [6.45, 7) is 1.67. The first-order valence-electron chi connectivity index (χ1n) is 11.7. The Balaban J connectivity index is 1.35. The van der Waals surface area contributed by atoms with Crippen LogP contribution in [0.4, 0.5) is 0 Å². The first-order valence-corrected chi connectivity index (χ1v) is 12.1. The van der Waals surface area contributed by atoms with Gasteiger partial charge in [0.2, 0.25) is 0 Å². The van der Waals surface area contributed by atoms with Gasteiger partial charge in [-0.15, -0.1) is 0 Å². The normalized spacial score (nSPS) is 11.6. The van der Waals surface area contributed by atoms with Crippen molar-refractivity contribution in [3.8, 4) is 11.5 Å². The van der Waals surface area contributed by atoms with E-state index in [0.29, 0.717) is 30.3 Å². The van der Waals surface area contributed by atoms with Crippen LogP contribution in [0.15, 0.2) is 103 Å². The minimum atomic E-state index is -0.344. The molecule has 0 bridgehead atoms. The van der Waals surface area contributed by atoms with Gasteiger partial charge in [-0.05, 0) is 65.2 Å². The van der Waals surface area contributed by atoms with E-state index in [-0.39, 0.29) is 12.1 Å². The first kappa shape index (κ1) is 25.5. The summed E-state index contributed by atoms with van der Waals surface area (Å²) in [7, 11) is 1.38. The molecule has 6 heteroatoms. The Morgan fingerprint density at radius 2 is 1.53 bits per heavy atom. The van der Waals surface area contributed by atoms with Crippen LogP contribution >= 0.6 is 11.6 Å². The molecule has 0 fully saturated rings. The predicted octanol–water partition coefficient (Wildman–Crippen LogP) is 6.97. The number of hydrogen-bond donors (Lipinski definition) is 1. The van der Waals surface area contributed by atoms with Crippen molar-refractivity contribution < 1.29 is 19.0 Å². The fourth-order valence-corrected chi connectivity index (χ4v) is 3.88. The van der Waals surface area contributed by atoms with E-state index >= 15 is 0 Å². The van der Waals surface area contributed by atoms with E-state index in [1.54, 1.807) is 12.1 Å². The second-order valence-corrected chi connectivity index (χ2v) is 8.67. The van der Waals surface area contributed by atoms with Gasteiger partial charge in [-0.25, -0.2) is 4.79 Å². The standard InChI is InChI=1S/C30H28ClNO4/c1-34-30(33)24-14-10-22(11-15-24)19-32-20-29(25-6-5-7-26(31)18-25)35-21-23-12-16-28(17-13-23)36-27-8-3-2-4-9-27/h2-18,29,32H,19-21H2,1H3/t29-/m0/s1. The van der Waals surface area contributed by atoms with Crippen LogP contribution in [0.25, 0.3) is 0 Å². The van der Waals surface area contributed by atoms with Crippen molar-refractivity contribution in [2.45, 2.75) is 19.3 Å². The number of methoxy groups -OCH3 is 1. The van der Waals surface area contributed by atoms with Gasteiger partial charge in [-0.2, -0.15) is 0 Å². The van der Waals surface area contributed by atoms with Gasteiger partial charge in [-0.1, -0.05) is 66.2 Å². The third-order valence-corrected chi connectivity index (χ3v) is 5.84. The summed E-state index contributed by atoms with van der Waals surface area (Å²) >= 11 is 6.24. The van der Waals surface area contributed by atoms with Gasteiger partial charge in [0, 0.05) is 18.1 Å². The molecule has 0 aliphatic heterocycles. The maximum Gasteiger partial charge on any atom is 0.337 e. The molecule has 0 aliphatic carbocycles. The van der Waals surface area contributed by atoms with Crippen molar-refractivity contribution in [2.75, 3.05) is 13.7 Å². The molecule has 5 nitrogen and oxygen atoms in total. The SMILES string of the molecule is COC(=O)c1ccc(CNC[C@H](OCc2ccc(Oc3ccccc3)cc2)c2cccc(Cl)c2)cc1. The molecule has 0 radical (unpaired) electrons. The van der Waals surface area contributed by atoms with E-state index in [4.69, 9.17) is 25.8 Å². The largest absolute Gasteiger partial charge is 0.465 e. The monoisotopic (exact) mass is 501 g/mol. The van der Waals surface area contributed by atoms with Gasteiger partial charge >= 0.3 is 5.97 Å². The van der Waals surface area contributed by atoms with Crippen molar-refractivity contribution in [3.63, 3.8) is 0 Å². The average molecular weight is 502 g/mol. The van der Waals surface area contributed by atoms with Gasteiger partial charge in [0.1, 0.15) is 11.5 Å². The van der Waals surface area contributed by atoms with Crippen LogP contribution in [0.1, 0.15) is 33.2 Å². The van der Waals surface area contributed by atoms with Gasteiger partial charge < -0.3 is 19.5 Å². The minimum Gasteiger partial charge on any atom is -0.465 e. The van der Waals surface area contributed by atoms with E-state index in [1.165, 1.54) is 7.11 Å². The molecule has 0 aliphatic rings. The smallest absolute Gasteiger partial charge is 0.337 e. The number of hydrogen-bond acceptors (Lipinski definition) is 5. The zero-order valence-corrected chi connectivity index (χ0v) is 20.8. The second kappa shape index (κ2) is 12.9. The summed E-state index contributed by atoms with van der Waals surface area (Å²) in [5.74, 6) is 1.23. The fourth-order valence-electron chi connectivity index (χ4n) is 3.68. The predicted molar refractivity (Wildman–Crippen MR) is 141 cm³/mol. The molecule has 0 saturated heterocycles. The molecule has 1 N–H and O–H groups in total. The van der Waals surface area contributed by atoms with Gasteiger partial charge in [0.05, 0.1) is 25.4 Å². The number of carbonyl (C=O) groups excluding carboxylic acids is 1. The topological polar surface area (TPSA) is 56.8 Å². The maximum absolute atomic E-state index is 11.6. The maximum atomic E-state index is 11.6. The third-order valence-electron chi connectivity index (χ3n) is 5.61. The third kappa shape index (κ3) is 7.43. The molecule has 36 heavy (non-hydrogen) atoms. The van der Waals surface area contributed by atoms with E-state index in [0.717, 1.165) is 28.2 Å². The number of carbonyl (C=O) groups is 1. The molecule has 0 unspecified atom stereocenters. The number of ether oxygens (including phenoxy) is 3. The molecule has 1 atom stereocenters. The molecule has 0 heterocycles. The quantitative estimate of drug-likeness (QED) is 0.225. The fraction of sp³-hybridized carbons (Fsp3) is 0.167. The van der Waals surface area contributed by atoms with Crippen molar-refractivity contribution in [1.29, 1.82) is 0 Å². The molecular formula is C30H28ClNO4. The van der Waals surface area contributed by atoms with Crippen LogP contribution in [0, 0.1) is 0 Å². The minimum absolute atomic E-state index is 0.196. The molecular weight excluding hydrogens is 474 g/mol. The average Bonchev–Trinajstić information content (AvgIpc) is 2.92. The van der Waals surface area contributed by atoms with Crippen molar-refractivity contribution in [1.82, 2.24) is 5.32 Å². The number of esters is 1. The summed E-state index contributed by atoms with van der Waals surface area (Å²) in [5, 5.41) is 4.12. The Kier molecular flexibility index (Phi) is 9.11. The van der Waals surface area contributed by atoms with E-state index in [9.17, 15) is 4.79 Å². The molecule has 0 spiro atoms. The Labute approximate surface area is 216 Å². The molecule has 4 rings (SSSR count). The molecule has 4 aromatic carbocycles. The van der Waals surface area contributed by atoms with Crippen LogP contribution < -0.4 is 10.1 Å². The zero-order chi connectivity index (χ0) is 25.2. The van der Waals surface area contributed by atoms with Crippen LogP contribution in [0.5, 0.6) is 11.5 Å². The van der Waals surface area contributed by atoms with Crippen LogP contribution in [-0.2, 0) is 22.6 Å². The van der Waals surface area contributed by atoms with Crippen LogP contribution in [0.2, 0.25) is 5.02 Å². The van der Waals surface area contributed by atoms with Crippen molar-refractivity contribution in [2.24, 2.45) is 0 Å². The second-order valence-electron chi connectivity index (χ2n) is 8.23. The van der Waals surface area contributed by atoms with E-state index in [2.05, 4.69) is 5.32 Å². The first-order chi connectivity index (χ1) is 17.6. The van der Waals surface area contributed by atoms with Crippen molar-refractivity contribution in [3.05, 3.63) is 130 Å². The van der Waals surface area contributed by atoms with Gasteiger partial charge in [0.25, 0.3) is 0 Å². The Hall–Kier alpha value is -3.64. The lowest BCUT2D eigenvalue weighted by Gasteiger charge is -2.20. The summed E-state index contributed by atoms with van der Waals surface area (Å²) < 4.78 is 16.9. The lowest BCUT2D eigenvalue weighted by Crippen LogP contribution is -2.23.